The summed E-state index contributed by atoms with van der Waals surface area (Å²) in [5.74, 6) is 0.611. The van der Waals surface area contributed by atoms with Crippen LogP contribution in [0.15, 0.2) is 71.6 Å². The minimum Gasteiger partial charge on any atom is -0.353 e. The van der Waals surface area contributed by atoms with Gasteiger partial charge in [-0.2, -0.15) is 0 Å². The highest BCUT2D eigenvalue weighted by Gasteiger charge is 2.28. The number of carbonyl (C=O) groups is 1. The second-order valence-corrected chi connectivity index (χ2v) is 9.36. The van der Waals surface area contributed by atoms with E-state index in [0.29, 0.717) is 11.6 Å². The number of benzene rings is 3. The fraction of sp³-hybridized carbons (Fsp3) is 0.261. The summed E-state index contributed by atoms with van der Waals surface area (Å²) in [5, 5.41) is 4.89. The number of hydrogen-bond acceptors (Lipinski definition) is 3. The lowest BCUT2D eigenvalue weighted by Crippen LogP contribution is -2.35. The van der Waals surface area contributed by atoms with Crippen LogP contribution < -0.4 is 10.0 Å². The molecule has 0 heterocycles. The standard InChI is InChI=1S/C23H24N2O3S/c1-16(18-8-9-18)24-23(26)14-17-6-11-21(12-7-17)25-29(27,28)22-13-10-19-4-2-3-5-20(19)15-22/h2-7,10-13,15-16,18,25H,8-9,14H2,1H3,(H,24,26). The van der Waals surface area contributed by atoms with Crippen molar-refractivity contribution in [2.75, 3.05) is 4.72 Å². The molecule has 1 aliphatic rings. The molecule has 1 aliphatic carbocycles. The Hall–Kier alpha value is -2.86. The first kappa shape index (κ1) is 19.5. The quantitative estimate of drug-likeness (QED) is 0.618. The van der Waals surface area contributed by atoms with Crippen molar-refractivity contribution in [1.82, 2.24) is 5.32 Å². The largest absolute Gasteiger partial charge is 0.353 e. The molecule has 0 saturated heterocycles. The summed E-state index contributed by atoms with van der Waals surface area (Å²) in [6, 6.07) is 19.8. The van der Waals surface area contributed by atoms with Gasteiger partial charge in [0.15, 0.2) is 0 Å². The third-order valence-electron chi connectivity index (χ3n) is 5.32. The van der Waals surface area contributed by atoms with Crippen LogP contribution in [0.3, 0.4) is 0 Å². The Balaban J connectivity index is 1.42. The molecule has 1 atom stereocenters. The Bertz CT molecular complexity index is 1140. The zero-order valence-electron chi connectivity index (χ0n) is 16.3. The first-order valence-electron chi connectivity index (χ1n) is 9.81. The van der Waals surface area contributed by atoms with Crippen molar-refractivity contribution in [3.63, 3.8) is 0 Å². The number of anilines is 1. The molecular weight excluding hydrogens is 384 g/mol. The van der Waals surface area contributed by atoms with Crippen LogP contribution >= 0.6 is 0 Å². The molecule has 150 valence electrons. The lowest BCUT2D eigenvalue weighted by molar-refractivity contribution is -0.121. The molecule has 0 aliphatic heterocycles. The average Bonchev–Trinajstić information content (AvgIpc) is 3.54. The number of carbonyl (C=O) groups excluding carboxylic acids is 1. The lowest BCUT2D eigenvalue weighted by Gasteiger charge is -2.13. The first-order valence-corrected chi connectivity index (χ1v) is 11.3. The highest BCUT2D eigenvalue weighted by molar-refractivity contribution is 7.92. The fourth-order valence-electron chi connectivity index (χ4n) is 3.44. The van der Waals surface area contributed by atoms with Crippen LogP contribution in [-0.4, -0.2) is 20.4 Å². The molecule has 0 aromatic heterocycles. The predicted molar refractivity (Wildman–Crippen MR) is 115 cm³/mol. The molecule has 2 N–H and O–H groups in total. The van der Waals surface area contributed by atoms with E-state index in [4.69, 9.17) is 0 Å². The molecule has 1 fully saturated rings. The minimum atomic E-state index is -3.69. The van der Waals surface area contributed by atoms with Gasteiger partial charge in [-0.3, -0.25) is 9.52 Å². The number of fused-ring (bicyclic) bond motifs is 1. The molecule has 4 rings (SSSR count). The number of hydrogen-bond donors (Lipinski definition) is 2. The number of rotatable bonds is 7. The third kappa shape index (κ3) is 4.77. The highest BCUT2D eigenvalue weighted by Crippen LogP contribution is 2.32. The smallest absolute Gasteiger partial charge is 0.261 e. The molecular formula is C23H24N2O3S. The van der Waals surface area contributed by atoms with E-state index in [9.17, 15) is 13.2 Å². The molecule has 0 spiro atoms. The van der Waals surface area contributed by atoms with Crippen LogP contribution in [0.2, 0.25) is 0 Å². The van der Waals surface area contributed by atoms with Gasteiger partial charge in [-0.25, -0.2) is 8.42 Å². The summed E-state index contributed by atoms with van der Waals surface area (Å²) in [6.45, 7) is 2.04. The van der Waals surface area contributed by atoms with Gasteiger partial charge in [-0.05, 0) is 66.3 Å². The van der Waals surface area contributed by atoms with Crippen molar-refractivity contribution in [1.29, 1.82) is 0 Å². The topological polar surface area (TPSA) is 75.3 Å². The van der Waals surface area contributed by atoms with Crippen LogP contribution in [0.4, 0.5) is 5.69 Å². The van der Waals surface area contributed by atoms with E-state index >= 15 is 0 Å². The Morgan fingerprint density at radius 3 is 2.38 bits per heavy atom. The maximum Gasteiger partial charge on any atom is 0.261 e. The molecule has 3 aromatic carbocycles. The van der Waals surface area contributed by atoms with E-state index in [1.165, 1.54) is 12.8 Å². The molecule has 0 radical (unpaired) electrons. The van der Waals surface area contributed by atoms with Crippen molar-refractivity contribution in [2.45, 2.75) is 37.1 Å². The van der Waals surface area contributed by atoms with Gasteiger partial charge in [0.2, 0.25) is 5.91 Å². The Morgan fingerprint density at radius 1 is 1.00 bits per heavy atom. The maximum absolute atomic E-state index is 12.7. The van der Waals surface area contributed by atoms with E-state index < -0.39 is 10.0 Å². The monoisotopic (exact) mass is 408 g/mol. The second kappa shape index (κ2) is 7.87. The molecule has 3 aromatic rings. The normalized spacial score (nSPS) is 15.1. The van der Waals surface area contributed by atoms with E-state index in [0.717, 1.165) is 16.3 Å². The zero-order valence-corrected chi connectivity index (χ0v) is 17.1. The van der Waals surface area contributed by atoms with Crippen LogP contribution in [0.25, 0.3) is 10.8 Å². The molecule has 5 nitrogen and oxygen atoms in total. The molecule has 6 heteroatoms. The van der Waals surface area contributed by atoms with Crippen molar-refractivity contribution in [3.05, 3.63) is 72.3 Å². The van der Waals surface area contributed by atoms with Gasteiger partial charge in [-0.1, -0.05) is 42.5 Å². The average molecular weight is 409 g/mol. The van der Waals surface area contributed by atoms with E-state index in [1.807, 2.05) is 31.2 Å². The Kier molecular flexibility index (Phi) is 5.28. The summed E-state index contributed by atoms with van der Waals surface area (Å²) in [5.41, 5.74) is 1.31. The molecule has 1 saturated carbocycles. The van der Waals surface area contributed by atoms with Crippen molar-refractivity contribution in [3.8, 4) is 0 Å². The first-order chi connectivity index (χ1) is 13.9. The van der Waals surface area contributed by atoms with Crippen LogP contribution in [-0.2, 0) is 21.2 Å². The predicted octanol–water partition coefficient (Wildman–Crippen LogP) is 4.10. The minimum absolute atomic E-state index is 0.00565. The van der Waals surface area contributed by atoms with E-state index in [2.05, 4.69) is 10.0 Å². The number of nitrogens with one attached hydrogen (secondary N) is 2. The second-order valence-electron chi connectivity index (χ2n) is 7.68. The van der Waals surface area contributed by atoms with Gasteiger partial charge >= 0.3 is 0 Å². The molecule has 0 bridgehead atoms. The van der Waals surface area contributed by atoms with E-state index in [1.54, 1.807) is 42.5 Å². The van der Waals surface area contributed by atoms with Crippen LogP contribution in [0.5, 0.6) is 0 Å². The van der Waals surface area contributed by atoms with Crippen molar-refractivity contribution < 1.29 is 13.2 Å². The number of sulfonamides is 1. The van der Waals surface area contributed by atoms with Gasteiger partial charge in [0, 0.05) is 11.7 Å². The molecule has 1 unspecified atom stereocenters. The summed E-state index contributed by atoms with van der Waals surface area (Å²) < 4.78 is 28.1. The molecule has 29 heavy (non-hydrogen) atoms. The van der Waals surface area contributed by atoms with Gasteiger partial charge < -0.3 is 5.32 Å². The van der Waals surface area contributed by atoms with E-state index in [-0.39, 0.29) is 23.3 Å². The maximum atomic E-state index is 12.7. The summed E-state index contributed by atoms with van der Waals surface area (Å²) in [4.78, 5) is 12.4. The van der Waals surface area contributed by atoms with Crippen molar-refractivity contribution in [2.24, 2.45) is 5.92 Å². The van der Waals surface area contributed by atoms with Gasteiger partial charge in [0.25, 0.3) is 10.0 Å². The van der Waals surface area contributed by atoms with Gasteiger partial charge in [0.1, 0.15) is 0 Å². The summed E-state index contributed by atoms with van der Waals surface area (Å²) in [7, 11) is -3.69. The van der Waals surface area contributed by atoms with Gasteiger partial charge in [0.05, 0.1) is 11.3 Å². The SMILES string of the molecule is CC(NC(=O)Cc1ccc(NS(=O)(=O)c2ccc3ccccc3c2)cc1)C1CC1. The highest BCUT2D eigenvalue weighted by atomic mass is 32.2. The lowest BCUT2D eigenvalue weighted by atomic mass is 10.1. The Labute approximate surface area is 171 Å². The zero-order chi connectivity index (χ0) is 20.4. The third-order valence-corrected chi connectivity index (χ3v) is 6.70. The van der Waals surface area contributed by atoms with Crippen LogP contribution in [0.1, 0.15) is 25.3 Å². The summed E-state index contributed by atoms with van der Waals surface area (Å²) in [6.07, 6.45) is 2.66. The summed E-state index contributed by atoms with van der Waals surface area (Å²) >= 11 is 0. The fourth-order valence-corrected chi connectivity index (χ4v) is 4.54. The Morgan fingerprint density at radius 2 is 1.69 bits per heavy atom. The van der Waals surface area contributed by atoms with Gasteiger partial charge in [-0.15, -0.1) is 0 Å². The molecule has 1 amide bonds. The van der Waals surface area contributed by atoms with Crippen LogP contribution in [0, 0.1) is 5.92 Å². The number of amides is 1. The van der Waals surface area contributed by atoms with Crippen molar-refractivity contribution >= 4 is 32.4 Å².